The van der Waals surface area contributed by atoms with E-state index in [1.807, 2.05) is 27.8 Å². The molecule has 0 aliphatic carbocycles. The molecular weight excluding hydrogens is 256 g/mol. The van der Waals surface area contributed by atoms with Crippen LogP contribution in [0, 0.1) is 0 Å². The summed E-state index contributed by atoms with van der Waals surface area (Å²) < 4.78 is 10.5. The van der Waals surface area contributed by atoms with Gasteiger partial charge in [-0.15, -0.1) is 0 Å². The molecule has 1 N–H and O–H groups in total. The molecule has 0 heterocycles. The van der Waals surface area contributed by atoms with E-state index in [0.717, 1.165) is 45.7 Å². The standard InChI is InChI=1S/C15H32N2O3/c1-6-10-16-15(4,14(18)20-8-3)9-11-17(5)12-13-19-7-2/h16H,6-13H2,1-5H3. The van der Waals surface area contributed by atoms with Gasteiger partial charge in [0.25, 0.3) is 0 Å². The van der Waals surface area contributed by atoms with Gasteiger partial charge in [0.15, 0.2) is 0 Å². The minimum atomic E-state index is -0.605. The molecule has 20 heavy (non-hydrogen) atoms. The molecule has 5 heteroatoms. The zero-order valence-electron chi connectivity index (χ0n) is 13.8. The summed E-state index contributed by atoms with van der Waals surface area (Å²) in [5.74, 6) is -0.161. The highest BCUT2D eigenvalue weighted by Gasteiger charge is 2.33. The minimum absolute atomic E-state index is 0.161. The van der Waals surface area contributed by atoms with E-state index >= 15 is 0 Å². The fraction of sp³-hybridized carbons (Fsp3) is 0.933. The van der Waals surface area contributed by atoms with Gasteiger partial charge in [-0.05, 0) is 47.2 Å². The van der Waals surface area contributed by atoms with E-state index in [9.17, 15) is 4.79 Å². The van der Waals surface area contributed by atoms with Crippen molar-refractivity contribution < 1.29 is 14.3 Å². The van der Waals surface area contributed by atoms with E-state index in [-0.39, 0.29) is 5.97 Å². The quantitative estimate of drug-likeness (QED) is 0.437. The second-order valence-electron chi connectivity index (χ2n) is 5.23. The maximum absolute atomic E-state index is 12.1. The van der Waals surface area contributed by atoms with E-state index in [1.165, 1.54) is 0 Å². The molecule has 0 bridgehead atoms. The number of carbonyl (C=O) groups is 1. The van der Waals surface area contributed by atoms with Gasteiger partial charge in [-0.3, -0.25) is 4.79 Å². The van der Waals surface area contributed by atoms with E-state index in [2.05, 4.69) is 17.1 Å². The lowest BCUT2D eigenvalue weighted by molar-refractivity contribution is -0.151. The predicted octanol–water partition coefficient (Wildman–Crippen LogP) is 1.67. The smallest absolute Gasteiger partial charge is 0.326 e. The molecule has 0 aliphatic rings. The monoisotopic (exact) mass is 288 g/mol. The van der Waals surface area contributed by atoms with E-state index in [0.29, 0.717) is 6.61 Å². The Morgan fingerprint density at radius 3 is 2.45 bits per heavy atom. The van der Waals surface area contributed by atoms with Crippen LogP contribution in [0.25, 0.3) is 0 Å². The molecule has 0 aromatic carbocycles. The van der Waals surface area contributed by atoms with Crippen LogP contribution in [0.2, 0.25) is 0 Å². The predicted molar refractivity (Wildman–Crippen MR) is 81.9 cm³/mol. The number of likely N-dealkylation sites (N-methyl/N-ethyl adjacent to an activating group) is 1. The topological polar surface area (TPSA) is 50.8 Å². The van der Waals surface area contributed by atoms with Crippen LogP contribution in [0.5, 0.6) is 0 Å². The molecule has 0 rings (SSSR count). The van der Waals surface area contributed by atoms with E-state index in [4.69, 9.17) is 9.47 Å². The highest BCUT2D eigenvalue weighted by atomic mass is 16.5. The van der Waals surface area contributed by atoms with Crippen LogP contribution in [-0.4, -0.2) is 62.9 Å². The number of rotatable bonds is 12. The normalized spacial score (nSPS) is 14.3. The van der Waals surface area contributed by atoms with Crippen LogP contribution in [0.15, 0.2) is 0 Å². The maximum atomic E-state index is 12.1. The van der Waals surface area contributed by atoms with Crippen molar-refractivity contribution >= 4 is 5.97 Å². The van der Waals surface area contributed by atoms with Gasteiger partial charge in [0.2, 0.25) is 0 Å². The SMILES string of the molecule is CCCNC(C)(CCN(C)CCOCC)C(=O)OCC. The zero-order valence-corrected chi connectivity index (χ0v) is 13.8. The fourth-order valence-corrected chi connectivity index (χ4v) is 1.84. The summed E-state index contributed by atoms with van der Waals surface area (Å²) in [7, 11) is 2.05. The molecule has 120 valence electrons. The van der Waals surface area contributed by atoms with Crippen molar-refractivity contribution in [1.82, 2.24) is 10.2 Å². The molecule has 0 aromatic rings. The van der Waals surface area contributed by atoms with Gasteiger partial charge in [-0.2, -0.15) is 0 Å². The Morgan fingerprint density at radius 2 is 1.90 bits per heavy atom. The molecule has 0 radical (unpaired) electrons. The minimum Gasteiger partial charge on any atom is -0.465 e. The molecule has 0 amide bonds. The van der Waals surface area contributed by atoms with E-state index < -0.39 is 5.54 Å². The van der Waals surface area contributed by atoms with Crippen LogP contribution in [-0.2, 0) is 14.3 Å². The van der Waals surface area contributed by atoms with Crippen molar-refractivity contribution in [1.29, 1.82) is 0 Å². The molecular formula is C15H32N2O3. The highest BCUT2D eigenvalue weighted by molar-refractivity contribution is 5.80. The van der Waals surface area contributed by atoms with Crippen molar-refractivity contribution in [2.75, 3.05) is 46.5 Å². The third-order valence-corrected chi connectivity index (χ3v) is 3.31. The summed E-state index contributed by atoms with van der Waals surface area (Å²) >= 11 is 0. The average Bonchev–Trinajstić information content (AvgIpc) is 2.43. The summed E-state index contributed by atoms with van der Waals surface area (Å²) in [5.41, 5.74) is -0.605. The van der Waals surface area contributed by atoms with Gasteiger partial charge in [0.1, 0.15) is 5.54 Å². The summed E-state index contributed by atoms with van der Waals surface area (Å²) in [5, 5.41) is 3.32. The lowest BCUT2D eigenvalue weighted by atomic mass is 9.97. The summed E-state index contributed by atoms with van der Waals surface area (Å²) in [4.78, 5) is 14.3. The summed E-state index contributed by atoms with van der Waals surface area (Å²) in [6.07, 6.45) is 1.73. The largest absolute Gasteiger partial charge is 0.465 e. The van der Waals surface area contributed by atoms with Crippen molar-refractivity contribution in [3.63, 3.8) is 0 Å². The number of hydrogen-bond acceptors (Lipinski definition) is 5. The number of esters is 1. The Hall–Kier alpha value is -0.650. The molecule has 0 aromatic heterocycles. The fourth-order valence-electron chi connectivity index (χ4n) is 1.84. The van der Waals surface area contributed by atoms with Gasteiger partial charge in [-0.1, -0.05) is 6.92 Å². The molecule has 1 atom stereocenters. The molecule has 0 saturated carbocycles. The molecule has 0 aliphatic heterocycles. The Balaban J connectivity index is 4.30. The van der Waals surface area contributed by atoms with E-state index in [1.54, 1.807) is 0 Å². The van der Waals surface area contributed by atoms with Crippen molar-refractivity contribution in [3.05, 3.63) is 0 Å². The van der Waals surface area contributed by atoms with Crippen LogP contribution in [0.1, 0.15) is 40.5 Å². The van der Waals surface area contributed by atoms with Crippen LogP contribution in [0.3, 0.4) is 0 Å². The molecule has 0 saturated heterocycles. The number of ether oxygens (including phenoxy) is 2. The average molecular weight is 288 g/mol. The molecule has 0 fully saturated rings. The number of hydrogen-bond donors (Lipinski definition) is 1. The molecule has 5 nitrogen and oxygen atoms in total. The molecule has 0 spiro atoms. The Kier molecular flexibility index (Phi) is 10.7. The zero-order chi connectivity index (χ0) is 15.4. The lowest BCUT2D eigenvalue weighted by Gasteiger charge is -2.30. The van der Waals surface area contributed by atoms with Gasteiger partial charge in [0.05, 0.1) is 13.2 Å². The second kappa shape index (κ2) is 11.1. The van der Waals surface area contributed by atoms with Crippen molar-refractivity contribution in [3.8, 4) is 0 Å². The van der Waals surface area contributed by atoms with Gasteiger partial charge in [-0.25, -0.2) is 0 Å². The van der Waals surface area contributed by atoms with Gasteiger partial charge < -0.3 is 19.7 Å². The first-order valence-corrected chi connectivity index (χ1v) is 7.68. The number of carbonyl (C=O) groups excluding carboxylic acids is 1. The first-order chi connectivity index (χ1) is 9.50. The Bertz CT molecular complexity index is 262. The third kappa shape index (κ3) is 7.82. The summed E-state index contributed by atoms with van der Waals surface area (Å²) in [6.45, 7) is 12.3. The van der Waals surface area contributed by atoms with Gasteiger partial charge >= 0.3 is 5.97 Å². The Labute approximate surface area is 124 Å². The number of nitrogens with zero attached hydrogens (tertiary/aromatic N) is 1. The number of nitrogens with one attached hydrogen (secondary N) is 1. The highest BCUT2D eigenvalue weighted by Crippen LogP contribution is 2.13. The van der Waals surface area contributed by atoms with Crippen molar-refractivity contribution in [2.24, 2.45) is 0 Å². The first-order valence-electron chi connectivity index (χ1n) is 7.68. The third-order valence-electron chi connectivity index (χ3n) is 3.31. The second-order valence-corrected chi connectivity index (χ2v) is 5.23. The first kappa shape index (κ1) is 19.4. The molecule has 1 unspecified atom stereocenters. The summed E-state index contributed by atoms with van der Waals surface area (Å²) in [6, 6.07) is 0. The Morgan fingerprint density at radius 1 is 1.20 bits per heavy atom. The maximum Gasteiger partial charge on any atom is 0.326 e. The van der Waals surface area contributed by atoms with Crippen molar-refractivity contribution in [2.45, 2.75) is 46.1 Å². The van der Waals surface area contributed by atoms with Crippen LogP contribution < -0.4 is 5.32 Å². The van der Waals surface area contributed by atoms with Crippen LogP contribution >= 0.6 is 0 Å². The van der Waals surface area contributed by atoms with Crippen LogP contribution in [0.4, 0.5) is 0 Å². The van der Waals surface area contributed by atoms with Gasteiger partial charge in [0, 0.05) is 19.7 Å². The lowest BCUT2D eigenvalue weighted by Crippen LogP contribution is -2.52.